The lowest BCUT2D eigenvalue weighted by Gasteiger charge is -2.07. The summed E-state index contributed by atoms with van der Waals surface area (Å²) in [6.45, 7) is 5.11. The van der Waals surface area contributed by atoms with E-state index >= 15 is 0 Å². The van der Waals surface area contributed by atoms with Gasteiger partial charge in [0.15, 0.2) is 0 Å². The summed E-state index contributed by atoms with van der Waals surface area (Å²) in [7, 11) is 0. The minimum atomic E-state index is -0.151. The van der Waals surface area contributed by atoms with E-state index in [1.54, 1.807) is 12.1 Å². The van der Waals surface area contributed by atoms with E-state index in [1.807, 2.05) is 6.07 Å². The summed E-state index contributed by atoms with van der Waals surface area (Å²) < 4.78 is 12.7. The Kier molecular flexibility index (Phi) is 3.90. The Morgan fingerprint density at radius 2 is 2.15 bits per heavy atom. The molecule has 0 aliphatic carbocycles. The Morgan fingerprint density at radius 3 is 2.77 bits per heavy atom. The van der Waals surface area contributed by atoms with Crippen LogP contribution in [-0.4, -0.2) is 12.6 Å². The van der Waals surface area contributed by atoms with Crippen LogP contribution in [0.5, 0.6) is 0 Å². The Bertz CT molecular complexity index is 258. The molecule has 1 aromatic rings. The van der Waals surface area contributed by atoms with Crippen molar-refractivity contribution in [2.45, 2.75) is 26.3 Å². The second-order valence-electron chi connectivity index (χ2n) is 3.49. The van der Waals surface area contributed by atoms with Crippen molar-refractivity contribution in [3.05, 3.63) is 35.6 Å². The summed E-state index contributed by atoms with van der Waals surface area (Å²) in [5.41, 5.74) is 1.05. The summed E-state index contributed by atoms with van der Waals surface area (Å²) in [5, 5.41) is 3.29. The zero-order valence-electron chi connectivity index (χ0n) is 8.18. The summed E-state index contributed by atoms with van der Waals surface area (Å²) in [6, 6.07) is 7.25. The molecule has 0 radical (unpaired) electrons. The third-order valence-corrected chi connectivity index (χ3v) is 1.86. The largest absolute Gasteiger partial charge is 0.314 e. The van der Waals surface area contributed by atoms with Crippen molar-refractivity contribution in [2.75, 3.05) is 6.54 Å². The van der Waals surface area contributed by atoms with Gasteiger partial charge in [-0.15, -0.1) is 0 Å². The number of halogens is 1. The molecule has 1 rings (SSSR count). The molecule has 0 aromatic heterocycles. The summed E-state index contributed by atoms with van der Waals surface area (Å²) >= 11 is 0. The summed E-state index contributed by atoms with van der Waals surface area (Å²) in [4.78, 5) is 0. The first-order chi connectivity index (χ1) is 6.18. The zero-order chi connectivity index (χ0) is 9.68. The van der Waals surface area contributed by atoms with E-state index in [2.05, 4.69) is 19.2 Å². The van der Waals surface area contributed by atoms with E-state index < -0.39 is 0 Å². The second kappa shape index (κ2) is 4.97. The number of nitrogens with one attached hydrogen (secondary N) is 1. The first-order valence-corrected chi connectivity index (χ1v) is 4.66. The van der Waals surface area contributed by atoms with Gasteiger partial charge in [-0.2, -0.15) is 0 Å². The van der Waals surface area contributed by atoms with Crippen molar-refractivity contribution in [3.63, 3.8) is 0 Å². The van der Waals surface area contributed by atoms with Crippen molar-refractivity contribution in [1.29, 1.82) is 0 Å². The minimum Gasteiger partial charge on any atom is -0.314 e. The maximum atomic E-state index is 12.7. The second-order valence-corrected chi connectivity index (χ2v) is 3.49. The van der Waals surface area contributed by atoms with E-state index in [9.17, 15) is 4.39 Å². The molecule has 1 nitrogen and oxygen atoms in total. The maximum Gasteiger partial charge on any atom is 0.123 e. The van der Waals surface area contributed by atoms with Gasteiger partial charge in [-0.05, 0) is 30.7 Å². The molecule has 0 aliphatic heterocycles. The molecular weight excluding hydrogens is 165 g/mol. The van der Waals surface area contributed by atoms with Crippen molar-refractivity contribution in [2.24, 2.45) is 0 Å². The molecule has 1 aromatic carbocycles. The molecule has 0 fully saturated rings. The molecule has 0 atom stereocenters. The standard InChI is InChI=1S/C11H16FN/c1-9(2)13-7-6-10-4-3-5-11(12)8-10/h3-5,8-9,13H,6-7H2,1-2H3. The lowest BCUT2D eigenvalue weighted by atomic mass is 10.1. The highest BCUT2D eigenvalue weighted by Gasteiger charge is 1.96. The van der Waals surface area contributed by atoms with Crippen LogP contribution in [0.2, 0.25) is 0 Å². The average molecular weight is 181 g/mol. The van der Waals surface area contributed by atoms with Crippen molar-refractivity contribution in [3.8, 4) is 0 Å². The first-order valence-electron chi connectivity index (χ1n) is 4.66. The molecule has 0 saturated carbocycles. The normalized spacial score (nSPS) is 10.8. The predicted octanol–water partition coefficient (Wildman–Crippen LogP) is 2.37. The van der Waals surface area contributed by atoms with Gasteiger partial charge >= 0.3 is 0 Å². The van der Waals surface area contributed by atoms with Crippen molar-refractivity contribution >= 4 is 0 Å². The molecule has 0 saturated heterocycles. The number of hydrogen-bond acceptors (Lipinski definition) is 1. The molecule has 0 amide bonds. The third kappa shape index (κ3) is 4.04. The Balaban J connectivity index is 2.37. The number of rotatable bonds is 4. The van der Waals surface area contributed by atoms with Crippen LogP contribution in [0, 0.1) is 5.82 Å². The smallest absolute Gasteiger partial charge is 0.123 e. The number of hydrogen-bond donors (Lipinski definition) is 1. The highest BCUT2D eigenvalue weighted by Crippen LogP contribution is 2.03. The van der Waals surface area contributed by atoms with Gasteiger partial charge in [-0.3, -0.25) is 0 Å². The van der Waals surface area contributed by atoms with Crippen molar-refractivity contribution in [1.82, 2.24) is 5.32 Å². The molecule has 13 heavy (non-hydrogen) atoms. The fourth-order valence-electron chi connectivity index (χ4n) is 1.20. The van der Waals surface area contributed by atoms with E-state index in [-0.39, 0.29) is 5.82 Å². The Hall–Kier alpha value is -0.890. The molecule has 0 spiro atoms. The van der Waals surface area contributed by atoms with Gasteiger partial charge in [0.05, 0.1) is 0 Å². The van der Waals surface area contributed by atoms with Gasteiger partial charge < -0.3 is 5.32 Å². The lowest BCUT2D eigenvalue weighted by molar-refractivity contribution is 0.587. The first kappa shape index (κ1) is 10.2. The van der Waals surface area contributed by atoms with E-state index in [0.29, 0.717) is 6.04 Å². The molecule has 0 aliphatic rings. The van der Waals surface area contributed by atoms with Crippen LogP contribution in [0.3, 0.4) is 0 Å². The molecule has 0 bridgehead atoms. The fourth-order valence-corrected chi connectivity index (χ4v) is 1.20. The van der Waals surface area contributed by atoms with Crippen LogP contribution in [0.1, 0.15) is 19.4 Å². The Labute approximate surface area is 79.0 Å². The molecule has 1 N–H and O–H groups in total. The average Bonchev–Trinajstić information content (AvgIpc) is 2.03. The highest BCUT2D eigenvalue weighted by molar-refractivity contribution is 5.16. The van der Waals surface area contributed by atoms with Crippen LogP contribution < -0.4 is 5.32 Å². The van der Waals surface area contributed by atoms with E-state index in [1.165, 1.54) is 6.07 Å². The SMILES string of the molecule is CC(C)NCCc1cccc(F)c1. The molecule has 2 heteroatoms. The number of benzene rings is 1. The topological polar surface area (TPSA) is 12.0 Å². The monoisotopic (exact) mass is 181 g/mol. The molecule has 0 heterocycles. The van der Waals surface area contributed by atoms with Crippen LogP contribution in [0.4, 0.5) is 4.39 Å². The van der Waals surface area contributed by atoms with Crippen LogP contribution >= 0.6 is 0 Å². The maximum absolute atomic E-state index is 12.7. The lowest BCUT2D eigenvalue weighted by Crippen LogP contribution is -2.24. The summed E-state index contributed by atoms with van der Waals surface area (Å²) in [5.74, 6) is -0.151. The van der Waals surface area contributed by atoms with Gasteiger partial charge in [0.1, 0.15) is 5.82 Å². The van der Waals surface area contributed by atoms with Crippen molar-refractivity contribution < 1.29 is 4.39 Å². The van der Waals surface area contributed by atoms with Crippen LogP contribution in [0.15, 0.2) is 24.3 Å². The van der Waals surface area contributed by atoms with Gasteiger partial charge in [0.2, 0.25) is 0 Å². The van der Waals surface area contributed by atoms with E-state index in [4.69, 9.17) is 0 Å². The molecule has 0 unspecified atom stereocenters. The third-order valence-electron chi connectivity index (χ3n) is 1.86. The van der Waals surface area contributed by atoms with Crippen LogP contribution in [-0.2, 0) is 6.42 Å². The quantitative estimate of drug-likeness (QED) is 0.752. The van der Waals surface area contributed by atoms with Gasteiger partial charge in [0, 0.05) is 6.04 Å². The fraction of sp³-hybridized carbons (Fsp3) is 0.455. The summed E-state index contributed by atoms with van der Waals surface area (Å²) in [6.07, 6.45) is 0.885. The highest BCUT2D eigenvalue weighted by atomic mass is 19.1. The van der Waals surface area contributed by atoms with Gasteiger partial charge in [0.25, 0.3) is 0 Å². The van der Waals surface area contributed by atoms with Crippen LogP contribution in [0.25, 0.3) is 0 Å². The van der Waals surface area contributed by atoms with Gasteiger partial charge in [-0.1, -0.05) is 26.0 Å². The molecule has 72 valence electrons. The van der Waals surface area contributed by atoms with E-state index in [0.717, 1.165) is 18.5 Å². The minimum absolute atomic E-state index is 0.151. The van der Waals surface area contributed by atoms with Gasteiger partial charge in [-0.25, -0.2) is 4.39 Å². The molecular formula is C11H16FN. The Morgan fingerprint density at radius 1 is 1.38 bits per heavy atom. The zero-order valence-corrected chi connectivity index (χ0v) is 8.18. The predicted molar refractivity (Wildman–Crippen MR) is 53.2 cm³/mol.